The van der Waals surface area contributed by atoms with E-state index >= 15 is 0 Å². The molecule has 2 heterocycles. The van der Waals surface area contributed by atoms with Crippen LogP contribution < -0.4 is 5.32 Å². The fourth-order valence-electron chi connectivity index (χ4n) is 2.38. The zero-order chi connectivity index (χ0) is 12.4. The van der Waals surface area contributed by atoms with Crippen molar-refractivity contribution in [2.24, 2.45) is 0 Å². The summed E-state index contributed by atoms with van der Waals surface area (Å²) in [5.74, 6) is 1.77. The van der Waals surface area contributed by atoms with E-state index in [4.69, 9.17) is 4.74 Å². The zero-order valence-corrected chi connectivity index (χ0v) is 11.1. The molecule has 1 N–H and O–H groups in total. The van der Waals surface area contributed by atoms with Crippen LogP contribution in [0.4, 0.5) is 5.82 Å². The van der Waals surface area contributed by atoms with Gasteiger partial charge in [-0.3, -0.25) is 0 Å². The fourth-order valence-corrected chi connectivity index (χ4v) is 2.38. The number of aryl methyl sites for hydroxylation is 1. The van der Waals surface area contributed by atoms with Crippen LogP contribution in [0.1, 0.15) is 49.9 Å². The van der Waals surface area contributed by atoms with E-state index in [0.29, 0.717) is 6.10 Å². The molecular weight excluding hydrogens is 214 g/mol. The number of anilines is 1. The quantitative estimate of drug-likeness (QED) is 0.875. The Labute approximate surface area is 103 Å². The van der Waals surface area contributed by atoms with Gasteiger partial charge in [0.15, 0.2) is 5.82 Å². The molecule has 0 radical (unpaired) electrons. The fraction of sp³-hybridized carbons (Fsp3) is 0.692. The molecule has 0 aromatic carbocycles. The van der Waals surface area contributed by atoms with Crippen LogP contribution in [-0.4, -0.2) is 23.1 Å². The average Bonchev–Trinajstić information content (AvgIpc) is 2.74. The minimum absolute atomic E-state index is 0.0710. The summed E-state index contributed by atoms with van der Waals surface area (Å²) in [5.41, 5.74) is 2.26. The van der Waals surface area contributed by atoms with E-state index in [9.17, 15) is 0 Å². The molecule has 0 spiro atoms. The van der Waals surface area contributed by atoms with E-state index < -0.39 is 0 Å². The van der Waals surface area contributed by atoms with E-state index in [1.54, 1.807) is 0 Å². The first-order valence-corrected chi connectivity index (χ1v) is 6.36. The molecule has 1 aromatic rings. The van der Waals surface area contributed by atoms with Crippen molar-refractivity contribution in [3.8, 4) is 0 Å². The van der Waals surface area contributed by atoms with E-state index in [1.165, 1.54) is 5.56 Å². The Bertz CT molecular complexity index is 406. The maximum Gasteiger partial charge on any atom is 0.159 e. The highest BCUT2D eigenvalue weighted by Crippen LogP contribution is 2.31. The van der Waals surface area contributed by atoms with Gasteiger partial charge in [0.2, 0.25) is 0 Å². The molecule has 0 saturated carbocycles. The maximum absolute atomic E-state index is 5.82. The lowest BCUT2D eigenvalue weighted by atomic mass is 10.1. The molecule has 2 rings (SSSR count). The van der Waals surface area contributed by atoms with E-state index in [-0.39, 0.29) is 6.10 Å². The van der Waals surface area contributed by atoms with Crippen LogP contribution in [0, 0.1) is 6.92 Å². The average molecular weight is 235 g/mol. The van der Waals surface area contributed by atoms with E-state index in [1.807, 2.05) is 14.0 Å². The summed E-state index contributed by atoms with van der Waals surface area (Å²) in [5, 5.41) is 3.16. The van der Waals surface area contributed by atoms with Gasteiger partial charge in [-0.15, -0.1) is 0 Å². The molecular formula is C13H21N3O. The first kappa shape index (κ1) is 12.3. The summed E-state index contributed by atoms with van der Waals surface area (Å²) >= 11 is 0. The molecule has 2 unspecified atom stereocenters. The molecule has 17 heavy (non-hydrogen) atoms. The van der Waals surface area contributed by atoms with Gasteiger partial charge in [-0.25, -0.2) is 9.97 Å². The summed E-state index contributed by atoms with van der Waals surface area (Å²) < 4.78 is 5.82. The Morgan fingerprint density at radius 1 is 1.35 bits per heavy atom. The molecule has 0 aliphatic carbocycles. The standard InChI is InChI=1S/C13H21N3O/c1-5-10-9(3)15-13(16-12(10)14-4)11-7-6-8(2)17-11/h8,11H,5-7H2,1-4H3,(H,14,15,16). The largest absolute Gasteiger partial charge is 0.373 e. The molecule has 1 aliphatic rings. The van der Waals surface area contributed by atoms with Crippen molar-refractivity contribution >= 4 is 5.82 Å². The van der Waals surface area contributed by atoms with Crippen molar-refractivity contribution in [2.75, 3.05) is 12.4 Å². The minimum Gasteiger partial charge on any atom is -0.373 e. The third-order valence-electron chi connectivity index (χ3n) is 3.34. The summed E-state index contributed by atoms with van der Waals surface area (Å²) in [7, 11) is 1.91. The van der Waals surface area contributed by atoms with Crippen LogP contribution in [-0.2, 0) is 11.2 Å². The maximum atomic E-state index is 5.82. The van der Waals surface area contributed by atoms with Crippen LogP contribution >= 0.6 is 0 Å². The smallest absolute Gasteiger partial charge is 0.159 e. The summed E-state index contributed by atoms with van der Waals surface area (Å²) in [4.78, 5) is 9.18. The van der Waals surface area contributed by atoms with Gasteiger partial charge in [-0.05, 0) is 33.1 Å². The van der Waals surface area contributed by atoms with Crippen LogP contribution in [0.15, 0.2) is 0 Å². The lowest BCUT2D eigenvalue weighted by Gasteiger charge is -2.15. The van der Waals surface area contributed by atoms with Gasteiger partial charge in [0.25, 0.3) is 0 Å². The number of nitrogens with zero attached hydrogens (tertiary/aromatic N) is 2. The van der Waals surface area contributed by atoms with Crippen molar-refractivity contribution in [3.05, 3.63) is 17.1 Å². The summed E-state index contributed by atoms with van der Waals surface area (Å²) in [6.45, 7) is 6.27. The van der Waals surface area contributed by atoms with Gasteiger partial charge in [0.1, 0.15) is 11.9 Å². The molecule has 4 nitrogen and oxygen atoms in total. The molecule has 1 fully saturated rings. The highest BCUT2D eigenvalue weighted by atomic mass is 16.5. The van der Waals surface area contributed by atoms with Crippen LogP contribution in [0.2, 0.25) is 0 Å². The molecule has 1 saturated heterocycles. The van der Waals surface area contributed by atoms with Gasteiger partial charge in [0.05, 0.1) is 6.10 Å². The lowest BCUT2D eigenvalue weighted by Crippen LogP contribution is -2.11. The van der Waals surface area contributed by atoms with E-state index in [0.717, 1.165) is 36.6 Å². The minimum atomic E-state index is 0.0710. The Balaban J connectivity index is 2.33. The molecule has 94 valence electrons. The summed E-state index contributed by atoms with van der Waals surface area (Å²) in [6.07, 6.45) is 3.46. The Morgan fingerprint density at radius 2 is 2.12 bits per heavy atom. The van der Waals surface area contributed by atoms with Crippen molar-refractivity contribution < 1.29 is 4.74 Å². The van der Waals surface area contributed by atoms with Gasteiger partial charge in [-0.2, -0.15) is 0 Å². The summed E-state index contributed by atoms with van der Waals surface area (Å²) in [6, 6.07) is 0. The van der Waals surface area contributed by atoms with Gasteiger partial charge >= 0.3 is 0 Å². The molecule has 0 bridgehead atoms. The number of nitrogens with one attached hydrogen (secondary N) is 1. The lowest BCUT2D eigenvalue weighted by molar-refractivity contribution is 0.0502. The zero-order valence-electron chi connectivity index (χ0n) is 11.1. The number of hydrogen-bond acceptors (Lipinski definition) is 4. The predicted molar refractivity (Wildman–Crippen MR) is 68.2 cm³/mol. The Morgan fingerprint density at radius 3 is 2.65 bits per heavy atom. The second kappa shape index (κ2) is 5.00. The van der Waals surface area contributed by atoms with Gasteiger partial charge < -0.3 is 10.1 Å². The van der Waals surface area contributed by atoms with Crippen molar-refractivity contribution in [3.63, 3.8) is 0 Å². The normalized spacial score (nSPS) is 24.0. The van der Waals surface area contributed by atoms with Crippen LogP contribution in [0.25, 0.3) is 0 Å². The van der Waals surface area contributed by atoms with Gasteiger partial charge in [-0.1, -0.05) is 6.92 Å². The number of rotatable bonds is 3. The molecule has 1 aliphatic heterocycles. The van der Waals surface area contributed by atoms with Crippen LogP contribution in [0.3, 0.4) is 0 Å². The third-order valence-corrected chi connectivity index (χ3v) is 3.34. The second-order valence-electron chi connectivity index (χ2n) is 4.61. The number of aromatic nitrogens is 2. The molecule has 2 atom stereocenters. The SMILES string of the molecule is CCc1c(C)nc(C2CCC(C)O2)nc1NC. The van der Waals surface area contributed by atoms with Crippen LogP contribution in [0.5, 0.6) is 0 Å². The first-order chi connectivity index (χ1) is 8.15. The number of hydrogen-bond donors (Lipinski definition) is 1. The molecule has 4 heteroatoms. The second-order valence-corrected chi connectivity index (χ2v) is 4.61. The third kappa shape index (κ3) is 2.41. The highest BCUT2D eigenvalue weighted by Gasteiger charge is 2.26. The van der Waals surface area contributed by atoms with Gasteiger partial charge in [0, 0.05) is 18.3 Å². The highest BCUT2D eigenvalue weighted by molar-refractivity contribution is 5.46. The molecule has 0 amide bonds. The van der Waals surface area contributed by atoms with Crippen molar-refractivity contribution in [2.45, 2.75) is 52.2 Å². The topological polar surface area (TPSA) is 47.0 Å². The Hall–Kier alpha value is -1.16. The van der Waals surface area contributed by atoms with Crippen molar-refractivity contribution in [1.82, 2.24) is 9.97 Å². The number of ether oxygens (including phenoxy) is 1. The molecule has 1 aromatic heterocycles. The predicted octanol–water partition coefficient (Wildman–Crippen LogP) is 2.63. The first-order valence-electron chi connectivity index (χ1n) is 6.36. The van der Waals surface area contributed by atoms with E-state index in [2.05, 4.69) is 29.1 Å². The monoisotopic (exact) mass is 235 g/mol. The Kier molecular flexibility index (Phi) is 3.62. The van der Waals surface area contributed by atoms with Crippen molar-refractivity contribution in [1.29, 1.82) is 0 Å².